The highest BCUT2D eigenvalue weighted by molar-refractivity contribution is 7.98. The molecule has 0 aliphatic rings. The number of rotatable bonds is 11. The molecule has 7 nitrogen and oxygen atoms in total. The van der Waals surface area contributed by atoms with Gasteiger partial charge in [0.05, 0.1) is 31.5 Å². The molecule has 154 valence electrons. The standard InChI is InChI=1S/C19H31NO6S/c1-15(21)27-14-13-24-10-9-23-11-12-25-17-7-5-16(6-8-17)20-18(22)26-19(2,3)4/h5-8,21,27H,9-14H2,1-4H3,(H,20,22). The van der Waals surface area contributed by atoms with E-state index < -0.39 is 11.7 Å². The molecule has 0 aliphatic heterocycles. The first-order chi connectivity index (χ1) is 12.8. The van der Waals surface area contributed by atoms with Crippen molar-refractivity contribution >= 4 is 28.2 Å². The lowest BCUT2D eigenvalue weighted by Gasteiger charge is -2.19. The van der Waals surface area contributed by atoms with Crippen molar-refractivity contribution in [2.45, 2.75) is 33.3 Å². The van der Waals surface area contributed by atoms with Gasteiger partial charge in [0.25, 0.3) is 0 Å². The van der Waals surface area contributed by atoms with Crippen molar-refractivity contribution in [2.75, 3.05) is 44.1 Å². The second-order valence-corrected chi connectivity index (χ2v) is 8.06. The van der Waals surface area contributed by atoms with E-state index in [0.29, 0.717) is 49.5 Å². The minimum Gasteiger partial charge on any atom is -0.491 e. The highest BCUT2D eigenvalue weighted by atomic mass is 32.1. The zero-order valence-corrected chi connectivity index (χ0v) is 17.4. The van der Waals surface area contributed by atoms with Crippen LogP contribution in [-0.2, 0) is 14.2 Å². The first-order valence-corrected chi connectivity index (χ1v) is 9.92. The van der Waals surface area contributed by atoms with Gasteiger partial charge in [-0.25, -0.2) is 4.79 Å². The van der Waals surface area contributed by atoms with Gasteiger partial charge in [0.2, 0.25) is 0 Å². The Kier molecular flexibility index (Phi) is 11.0. The molecule has 0 saturated heterocycles. The second kappa shape index (κ2) is 12.7. The summed E-state index contributed by atoms with van der Waals surface area (Å²) in [4.78, 5) is 11.7. The van der Waals surface area contributed by atoms with Crippen LogP contribution >= 0.6 is 11.4 Å². The van der Waals surface area contributed by atoms with Crippen molar-refractivity contribution in [1.29, 1.82) is 0 Å². The van der Waals surface area contributed by atoms with Gasteiger partial charge in [0, 0.05) is 11.4 Å². The maximum atomic E-state index is 11.7. The summed E-state index contributed by atoms with van der Waals surface area (Å²) in [6.07, 6.45) is -0.490. The van der Waals surface area contributed by atoms with Gasteiger partial charge in [-0.05, 0) is 52.0 Å². The van der Waals surface area contributed by atoms with Gasteiger partial charge in [-0.1, -0.05) is 0 Å². The number of hydrogen-bond acceptors (Lipinski definition) is 5. The minimum absolute atomic E-state index is 0.403. The van der Waals surface area contributed by atoms with Gasteiger partial charge in [0.1, 0.15) is 18.0 Å². The molecule has 0 saturated carbocycles. The topological polar surface area (TPSA) is 86.3 Å². The Morgan fingerprint density at radius 1 is 1.04 bits per heavy atom. The quantitative estimate of drug-likeness (QED) is 0.298. The van der Waals surface area contributed by atoms with Crippen LogP contribution in [0.1, 0.15) is 27.7 Å². The highest BCUT2D eigenvalue weighted by Crippen LogP contribution is 2.17. The molecule has 1 rings (SSSR count). The first kappa shape index (κ1) is 23.4. The lowest BCUT2D eigenvalue weighted by atomic mass is 10.2. The number of amides is 1. The molecule has 0 bridgehead atoms. The van der Waals surface area contributed by atoms with E-state index in [9.17, 15) is 4.79 Å². The Hall–Kier alpha value is -1.61. The van der Waals surface area contributed by atoms with Crippen LogP contribution < -0.4 is 10.1 Å². The average molecular weight is 402 g/mol. The predicted molar refractivity (Wildman–Crippen MR) is 111 cm³/mol. The predicted octanol–water partition coefficient (Wildman–Crippen LogP) is 3.62. The summed E-state index contributed by atoms with van der Waals surface area (Å²) in [5.41, 5.74) is 0.105. The number of anilines is 1. The number of carbonyl (C=O) groups is 1. The molecule has 0 heterocycles. The summed E-state index contributed by atoms with van der Waals surface area (Å²) in [6, 6.07) is 7.04. The van der Waals surface area contributed by atoms with Crippen LogP contribution in [0.5, 0.6) is 5.75 Å². The van der Waals surface area contributed by atoms with E-state index in [1.54, 1.807) is 31.2 Å². The van der Waals surface area contributed by atoms with Gasteiger partial charge in [-0.15, -0.1) is 0 Å². The summed E-state index contributed by atoms with van der Waals surface area (Å²) in [5.74, 6) is 1.48. The van der Waals surface area contributed by atoms with Crippen LogP contribution in [0.4, 0.5) is 10.5 Å². The first-order valence-electron chi connectivity index (χ1n) is 8.84. The molecule has 1 aromatic rings. The molecule has 0 aromatic heterocycles. The number of ether oxygens (including phenoxy) is 4. The fourth-order valence-electron chi connectivity index (χ4n) is 1.87. The number of aliphatic hydroxyl groups is 1. The third kappa shape index (κ3) is 13.2. The number of carbonyl (C=O) groups excluding carboxylic acids is 1. The molecular formula is C19H31NO6S. The molecule has 0 unspecified atom stereocenters. The maximum absolute atomic E-state index is 11.7. The van der Waals surface area contributed by atoms with Crippen molar-refractivity contribution in [1.82, 2.24) is 0 Å². The summed E-state index contributed by atoms with van der Waals surface area (Å²) in [6.45, 7) is 9.63. The summed E-state index contributed by atoms with van der Waals surface area (Å²) >= 11 is 0.899. The SMILES string of the molecule is CC(O)=[SH]CCOCCOCCOc1ccc(NC(=O)OC(C)(C)C)cc1. The third-order valence-corrected chi connectivity index (χ3v) is 3.81. The zero-order valence-electron chi connectivity index (χ0n) is 16.5. The van der Waals surface area contributed by atoms with Crippen LogP contribution in [0, 0.1) is 0 Å². The van der Waals surface area contributed by atoms with Crippen molar-refractivity contribution < 1.29 is 28.8 Å². The summed E-state index contributed by atoms with van der Waals surface area (Å²) in [5, 5.41) is 12.1. The molecule has 2 N–H and O–H groups in total. The van der Waals surface area contributed by atoms with Gasteiger partial charge < -0.3 is 24.1 Å². The van der Waals surface area contributed by atoms with Crippen LogP contribution in [0.15, 0.2) is 24.3 Å². The molecule has 1 amide bonds. The fourth-order valence-corrected chi connectivity index (χ4v) is 2.41. The number of hydrogen-bond donors (Lipinski definition) is 3. The van der Waals surface area contributed by atoms with Crippen molar-refractivity contribution in [3.8, 4) is 5.75 Å². The van der Waals surface area contributed by atoms with Crippen molar-refractivity contribution in [2.24, 2.45) is 0 Å². The Labute approximate surface area is 164 Å². The molecule has 1 aromatic carbocycles. The van der Waals surface area contributed by atoms with E-state index in [4.69, 9.17) is 24.1 Å². The lowest BCUT2D eigenvalue weighted by molar-refractivity contribution is 0.0413. The smallest absolute Gasteiger partial charge is 0.412 e. The number of benzene rings is 1. The maximum Gasteiger partial charge on any atom is 0.412 e. The Morgan fingerprint density at radius 2 is 1.63 bits per heavy atom. The second-order valence-electron chi connectivity index (χ2n) is 6.65. The van der Waals surface area contributed by atoms with E-state index in [1.165, 1.54) is 0 Å². The van der Waals surface area contributed by atoms with Gasteiger partial charge in [0.15, 0.2) is 0 Å². The molecular weight excluding hydrogens is 370 g/mol. The molecule has 0 aliphatic carbocycles. The van der Waals surface area contributed by atoms with E-state index in [2.05, 4.69) is 5.32 Å². The molecule has 0 atom stereocenters. The minimum atomic E-state index is -0.533. The van der Waals surface area contributed by atoms with Crippen molar-refractivity contribution in [3.63, 3.8) is 0 Å². The number of thiol groups is 1. The highest BCUT2D eigenvalue weighted by Gasteiger charge is 2.16. The number of nitrogens with one attached hydrogen (secondary N) is 1. The zero-order chi connectivity index (χ0) is 20.1. The van der Waals surface area contributed by atoms with Gasteiger partial charge in [-0.2, -0.15) is 11.4 Å². The normalized spacial score (nSPS) is 12.3. The van der Waals surface area contributed by atoms with Crippen LogP contribution in [-0.4, -0.2) is 60.6 Å². The molecule has 0 radical (unpaired) electrons. The monoisotopic (exact) mass is 401 g/mol. The Morgan fingerprint density at radius 3 is 2.22 bits per heavy atom. The van der Waals surface area contributed by atoms with Gasteiger partial charge >= 0.3 is 6.09 Å². The summed E-state index contributed by atoms with van der Waals surface area (Å²) in [7, 11) is 0. The summed E-state index contributed by atoms with van der Waals surface area (Å²) < 4.78 is 21.6. The van der Waals surface area contributed by atoms with Crippen LogP contribution in [0.3, 0.4) is 0 Å². The fraction of sp³-hybridized carbons (Fsp3) is 0.579. The van der Waals surface area contributed by atoms with Gasteiger partial charge in [-0.3, -0.25) is 5.32 Å². The third-order valence-electron chi connectivity index (χ3n) is 2.94. The molecule has 27 heavy (non-hydrogen) atoms. The number of aliphatic hydroxyl groups excluding tert-OH is 1. The van der Waals surface area contributed by atoms with Crippen LogP contribution in [0.25, 0.3) is 0 Å². The molecule has 8 heteroatoms. The van der Waals surface area contributed by atoms with E-state index in [1.807, 2.05) is 20.8 Å². The van der Waals surface area contributed by atoms with Crippen LogP contribution in [0.2, 0.25) is 0 Å². The van der Waals surface area contributed by atoms with E-state index >= 15 is 0 Å². The van der Waals surface area contributed by atoms with E-state index in [-0.39, 0.29) is 0 Å². The van der Waals surface area contributed by atoms with E-state index in [0.717, 1.165) is 17.1 Å². The molecule has 0 fully saturated rings. The van der Waals surface area contributed by atoms with Crippen molar-refractivity contribution in [3.05, 3.63) is 24.3 Å². The Balaban J connectivity index is 2.11. The lowest BCUT2D eigenvalue weighted by Crippen LogP contribution is -2.27. The molecule has 0 spiro atoms. The Bertz CT molecular complexity index is 579. The average Bonchev–Trinajstić information content (AvgIpc) is 2.56. The largest absolute Gasteiger partial charge is 0.491 e.